The second-order valence-electron chi connectivity index (χ2n) is 5.91. The van der Waals surface area contributed by atoms with Gasteiger partial charge in [-0.05, 0) is 66.6 Å². The van der Waals surface area contributed by atoms with Crippen molar-refractivity contribution in [1.82, 2.24) is 10.6 Å². The molecular weight excluding hydrogens is 334 g/mol. The number of hydrogen-bond acceptors (Lipinski definition) is 6. The average Bonchev–Trinajstić information content (AvgIpc) is 2.60. The van der Waals surface area contributed by atoms with Crippen molar-refractivity contribution in [3.8, 4) is 0 Å². The minimum atomic E-state index is -2.46. The zero-order valence-electron chi connectivity index (χ0n) is 17.2. The Bertz CT molecular complexity index is 314. The van der Waals surface area contributed by atoms with E-state index in [4.69, 9.17) is 13.3 Å². The van der Waals surface area contributed by atoms with E-state index in [-0.39, 0.29) is 0 Å². The SMILES string of the molecule is CCO[Si](CCCNCCCNCCN=C(C)CC)(OCC)OCC. The molecule has 0 aliphatic heterocycles. The molecule has 0 amide bonds. The van der Waals surface area contributed by atoms with E-state index in [1.807, 2.05) is 20.8 Å². The lowest BCUT2D eigenvalue weighted by Crippen LogP contribution is -2.46. The molecule has 0 bridgehead atoms. The zero-order valence-corrected chi connectivity index (χ0v) is 18.2. The fraction of sp³-hybridized carbons (Fsp3) is 0.944. The van der Waals surface area contributed by atoms with Crippen LogP contribution in [0.5, 0.6) is 0 Å². The Kier molecular flexibility index (Phi) is 16.9. The zero-order chi connectivity index (χ0) is 18.8. The summed E-state index contributed by atoms with van der Waals surface area (Å²) in [6.45, 7) is 17.0. The molecule has 0 unspecified atom stereocenters. The summed E-state index contributed by atoms with van der Waals surface area (Å²) in [5.41, 5.74) is 1.23. The molecule has 0 aromatic carbocycles. The molecule has 25 heavy (non-hydrogen) atoms. The molecule has 0 aromatic rings. The fourth-order valence-electron chi connectivity index (χ4n) is 2.46. The molecule has 0 saturated carbocycles. The third kappa shape index (κ3) is 13.5. The van der Waals surface area contributed by atoms with Gasteiger partial charge in [-0.3, -0.25) is 4.99 Å². The van der Waals surface area contributed by atoms with Crippen LogP contribution in [0.25, 0.3) is 0 Å². The van der Waals surface area contributed by atoms with Gasteiger partial charge in [0.15, 0.2) is 0 Å². The largest absolute Gasteiger partial charge is 0.500 e. The van der Waals surface area contributed by atoms with Crippen molar-refractivity contribution < 1.29 is 13.3 Å². The number of rotatable bonds is 18. The van der Waals surface area contributed by atoms with Gasteiger partial charge in [-0.1, -0.05) is 6.92 Å². The quantitative estimate of drug-likeness (QED) is 0.219. The van der Waals surface area contributed by atoms with Gasteiger partial charge in [0, 0.05) is 38.1 Å². The Morgan fingerprint density at radius 2 is 1.32 bits per heavy atom. The van der Waals surface area contributed by atoms with Gasteiger partial charge in [0.05, 0.1) is 6.54 Å². The molecule has 0 aliphatic rings. The van der Waals surface area contributed by atoms with Crippen molar-refractivity contribution in [2.75, 3.05) is 52.5 Å². The van der Waals surface area contributed by atoms with E-state index in [0.717, 1.165) is 58.0 Å². The van der Waals surface area contributed by atoms with Gasteiger partial charge in [-0.2, -0.15) is 0 Å². The minimum absolute atomic E-state index is 0.646. The summed E-state index contributed by atoms with van der Waals surface area (Å²) < 4.78 is 17.6. The fourth-order valence-corrected chi connectivity index (χ4v) is 5.07. The Morgan fingerprint density at radius 1 is 0.800 bits per heavy atom. The number of aliphatic imine (C=N–C) groups is 1. The highest BCUT2D eigenvalue weighted by atomic mass is 28.4. The van der Waals surface area contributed by atoms with Crippen LogP contribution in [0.2, 0.25) is 6.04 Å². The first-order valence-electron chi connectivity index (χ1n) is 9.97. The summed E-state index contributed by atoms with van der Waals surface area (Å²) in [5.74, 6) is 0. The molecule has 0 aliphatic carbocycles. The molecule has 0 spiro atoms. The number of nitrogens with zero attached hydrogens (tertiary/aromatic N) is 1. The van der Waals surface area contributed by atoms with Gasteiger partial charge in [0.1, 0.15) is 0 Å². The van der Waals surface area contributed by atoms with E-state index in [1.54, 1.807) is 0 Å². The molecule has 0 fully saturated rings. The first-order chi connectivity index (χ1) is 12.1. The van der Waals surface area contributed by atoms with Crippen LogP contribution >= 0.6 is 0 Å². The van der Waals surface area contributed by atoms with Gasteiger partial charge in [0.25, 0.3) is 0 Å². The van der Waals surface area contributed by atoms with E-state index < -0.39 is 8.80 Å². The third-order valence-electron chi connectivity index (χ3n) is 3.82. The lowest BCUT2D eigenvalue weighted by molar-refractivity contribution is 0.0708. The van der Waals surface area contributed by atoms with Crippen molar-refractivity contribution in [2.24, 2.45) is 4.99 Å². The summed E-state index contributed by atoms with van der Waals surface area (Å²) in [4.78, 5) is 4.48. The molecular formula is C18H41N3O3Si. The van der Waals surface area contributed by atoms with E-state index in [0.29, 0.717) is 19.8 Å². The van der Waals surface area contributed by atoms with Crippen LogP contribution in [0.1, 0.15) is 53.9 Å². The van der Waals surface area contributed by atoms with Gasteiger partial charge in [0.2, 0.25) is 0 Å². The van der Waals surface area contributed by atoms with Crippen molar-refractivity contribution in [3.63, 3.8) is 0 Å². The third-order valence-corrected chi connectivity index (χ3v) is 6.97. The Hall–Kier alpha value is -0.313. The van der Waals surface area contributed by atoms with Gasteiger partial charge < -0.3 is 23.9 Å². The van der Waals surface area contributed by atoms with Crippen molar-refractivity contribution in [3.05, 3.63) is 0 Å². The second kappa shape index (κ2) is 17.1. The van der Waals surface area contributed by atoms with Crippen LogP contribution < -0.4 is 10.6 Å². The van der Waals surface area contributed by atoms with Gasteiger partial charge >= 0.3 is 8.80 Å². The Labute approximate surface area is 156 Å². The molecule has 0 atom stereocenters. The van der Waals surface area contributed by atoms with Gasteiger partial charge in [-0.15, -0.1) is 0 Å². The second-order valence-corrected chi connectivity index (χ2v) is 8.64. The first-order valence-corrected chi connectivity index (χ1v) is 11.9. The molecule has 0 heterocycles. The minimum Gasteiger partial charge on any atom is -0.374 e. The molecule has 2 N–H and O–H groups in total. The Morgan fingerprint density at radius 3 is 1.84 bits per heavy atom. The highest BCUT2D eigenvalue weighted by Gasteiger charge is 2.39. The van der Waals surface area contributed by atoms with Crippen molar-refractivity contribution >= 4 is 14.5 Å². The standard InChI is InChI=1S/C18H41N3O3Si/c1-6-18(5)21-16-15-20-13-10-12-19-14-11-17-25(22-7-2,23-8-3)24-9-4/h19-20H,6-17H2,1-5H3. The van der Waals surface area contributed by atoms with Crippen LogP contribution in [-0.2, 0) is 13.3 Å². The highest BCUT2D eigenvalue weighted by molar-refractivity contribution is 6.60. The lowest BCUT2D eigenvalue weighted by Gasteiger charge is -2.28. The number of nitrogens with one attached hydrogen (secondary N) is 2. The maximum Gasteiger partial charge on any atom is 0.500 e. The summed E-state index contributed by atoms with van der Waals surface area (Å²) in [6.07, 6.45) is 3.19. The lowest BCUT2D eigenvalue weighted by atomic mass is 10.3. The van der Waals surface area contributed by atoms with Crippen LogP contribution in [-0.4, -0.2) is 67.1 Å². The first kappa shape index (κ1) is 24.7. The summed E-state index contributed by atoms with van der Waals surface area (Å²) >= 11 is 0. The summed E-state index contributed by atoms with van der Waals surface area (Å²) in [5, 5.41) is 6.92. The number of hydrogen-bond donors (Lipinski definition) is 2. The van der Waals surface area contributed by atoms with Crippen LogP contribution in [0.4, 0.5) is 0 Å². The van der Waals surface area contributed by atoms with Crippen LogP contribution in [0.3, 0.4) is 0 Å². The molecule has 0 radical (unpaired) electrons. The predicted octanol–water partition coefficient (Wildman–Crippen LogP) is 2.87. The maximum atomic E-state index is 5.86. The maximum absolute atomic E-state index is 5.86. The normalized spacial score (nSPS) is 12.8. The monoisotopic (exact) mass is 375 g/mol. The summed E-state index contributed by atoms with van der Waals surface area (Å²) in [7, 11) is -2.46. The molecule has 0 rings (SSSR count). The molecule has 0 aromatic heterocycles. The van der Waals surface area contributed by atoms with Crippen molar-refractivity contribution in [1.29, 1.82) is 0 Å². The van der Waals surface area contributed by atoms with E-state index >= 15 is 0 Å². The molecule has 6 nitrogen and oxygen atoms in total. The van der Waals surface area contributed by atoms with Crippen molar-refractivity contribution in [2.45, 2.75) is 59.9 Å². The molecule has 7 heteroatoms. The molecule has 150 valence electrons. The highest BCUT2D eigenvalue weighted by Crippen LogP contribution is 2.17. The van der Waals surface area contributed by atoms with E-state index in [1.165, 1.54) is 5.71 Å². The van der Waals surface area contributed by atoms with E-state index in [2.05, 4.69) is 29.5 Å². The van der Waals surface area contributed by atoms with Crippen LogP contribution in [0, 0.1) is 0 Å². The molecule has 0 saturated heterocycles. The topological polar surface area (TPSA) is 64.1 Å². The van der Waals surface area contributed by atoms with Gasteiger partial charge in [-0.25, -0.2) is 0 Å². The summed E-state index contributed by atoms with van der Waals surface area (Å²) in [6, 6.07) is 0.878. The average molecular weight is 376 g/mol. The smallest absolute Gasteiger partial charge is 0.374 e. The van der Waals surface area contributed by atoms with E-state index in [9.17, 15) is 0 Å². The predicted molar refractivity (Wildman–Crippen MR) is 109 cm³/mol. The Balaban J connectivity index is 3.69. The van der Waals surface area contributed by atoms with Crippen LogP contribution in [0.15, 0.2) is 4.99 Å².